The summed E-state index contributed by atoms with van der Waals surface area (Å²) in [6.07, 6.45) is -4.37. The standard InChI is InChI=1S/C18H19F3N2O4S/c19-18(20,21)27-15-8-6-14(7-9-15)10-12-22-17(24)11-13-23-28(25,26)16-4-2-1-3-5-16/h1-9,23H,10-13H2,(H,22,24). The van der Waals surface area contributed by atoms with Crippen molar-refractivity contribution in [3.8, 4) is 5.75 Å². The molecule has 10 heteroatoms. The number of rotatable bonds is 9. The van der Waals surface area contributed by atoms with Gasteiger partial charge < -0.3 is 10.1 Å². The topological polar surface area (TPSA) is 84.5 Å². The van der Waals surface area contributed by atoms with Crippen LogP contribution in [-0.4, -0.2) is 33.8 Å². The highest BCUT2D eigenvalue weighted by Crippen LogP contribution is 2.22. The lowest BCUT2D eigenvalue weighted by Crippen LogP contribution is -2.31. The highest BCUT2D eigenvalue weighted by atomic mass is 32.2. The first kappa shape index (κ1) is 21.7. The molecule has 0 spiro atoms. The van der Waals surface area contributed by atoms with E-state index >= 15 is 0 Å². The lowest BCUT2D eigenvalue weighted by molar-refractivity contribution is -0.274. The summed E-state index contributed by atoms with van der Waals surface area (Å²) in [4.78, 5) is 11.9. The van der Waals surface area contributed by atoms with E-state index in [-0.39, 0.29) is 36.1 Å². The first-order valence-electron chi connectivity index (χ1n) is 8.32. The van der Waals surface area contributed by atoms with Crippen molar-refractivity contribution in [2.45, 2.75) is 24.1 Å². The summed E-state index contributed by atoms with van der Waals surface area (Å²) in [5, 5.41) is 2.63. The monoisotopic (exact) mass is 416 g/mol. The van der Waals surface area contributed by atoms with Crippen molar-refractivity contribution < 1.29 is 31.1 Å². The number of alkyl halides is 3. The first-order chi connectivity index (χ1) is 13.2. The number of hydrogen-bond acceptors (Lipinski definition) is 4. The highest BCUT2D eigenvalue weighted by molar-refractivity contribution is 7.89. The number of hydrogen-bond donors (Lipinski definition) is 2. The average molecular weight is 416 g/mol. The smallest absolute Gasteiger partial charge is 0.406 e. The van der Waals surface area contributed by atoms with Crippen LogP contribution in [0.5, 0.6) is 5.75 Å². The summed E-state index contributed by atoms with van der Waals surface area (Å²) in [6, 6.07) is 13.1. The molecule has 1 amide bonds. The summed E-state index contributed by atoms with van der Waals surface area (Å²) in [7, 11) is -3.66. The molecule has 0 aliphatic heterocycles. The van der Waals surface area contributed by atoms with E-state index in [9.17, 15) is 26.4 Å². The molecule has 0 aliphatic rings. The third kappa shape index (κ3) is 7.57. The highest BCUT2D eigenvalue weighted by Gasteiger charge is 2.30. The summed E-state index contributed by atoms with van der Waals surface area (Å²) in [5.74, 6) is -0.654. The third-order valence-corrected chi connectivity index (χ3v) is 5.07. The molecule has 0 saturated carbocycles. The fourth-order valence-corrected chi connectivity index (χ4v) is 3.33. The van der Waals surface area contributed by atoms with E-state index in [1.165, 1.54) is 36.4 Å². The van der Waals surface area contributed by atoms with Crippen LogP contribution < -0.4 is 14.8 Å². The molecule has 6 nitrogen and oxygen atoms in total. The lowest BCUT2D eigenvalue weighted by Gasteiger charge is -2.10. The van der Waals surface area contributed by atoms with E-state index in [2.05, 4.69) is 14.8 Å². The lowest BCUT2D eigenvalue weighted by atomic mass is 10.1. The van der Waals surface area contributed by atoms with Gasteiger partial charge in [-0.3, -0.25) is 4.79 Å². The second-order valence-electron chi connectivity index (χ2n) is 5.75. The Hall–Kier alpha value is -2.59. The average Bonchev–Trinajstić information content (AvgIpc) is 2.62. The maximum Gasteiger partial charge on any atom is 0.573 e. The minimum Gasteiger partial charge on any atom is -0.406 e. The molecular formula is C18H19F3N2O4S. The van der Waals surface area contributed by atoms with Gasteiger partial charge in [0.25, 0.3) is 0 Å². The van der Waals surface area contributed by atoms with Crippen molar-refractivity contribution in [1.29, 1.82) is 0 Å². The molecule has 2 aromatic rings. The SMILES string of the molecule is O=C(CCNS(=O)(=O)c1ccccc1)NCCc1ccc(OC(F)(F)F)cc1. The van der Waals surface area contributed by atoms with Crippen LogP contribution >= 0.6 is 0 Å². The fourth-order valence-electron chi connectivity index (χ4n) is 2.27. The number of carbonyl (C=O) groups is 1. The summed E-state index contributed by atoms with van der Waals surface area (Å²) in [6.45, 7) is 0.219. The van der Waals surface area contributed by atoms with Crippen molar-refractivity contribution in [3.05, 3.63) is 60.2 Å². The molecular weight excluding hydrogens is 397 g/mol. The fraction of sp³-hybridized carbons (Fsp3) is 0.278. The van der Waals surface area contributed by atoms with Gasteiger partial charge in [0.2, 0.25) is 15.9 Å². The van der Waals surface area contributed by atoms with Crippen LogP contribution in [0.2, 0.25) is 0 Å². The van der Waals surface area contributed by atoms with Crippen LogP contribution in [-0.2, 0) is 21.2 Å². The zero-order valence-corrected chi connectivity index (χ0v) is 15.5. The predicted molar refractivity (Wildman–Crippen MR) is 96.1 cm³/mol. The molecule has 2 N–H and O–H groups in total. The van der Waals surface area contributed by atoms with E-state index in [4.69, 9.17) is 0 Å². The van der Waals surface area contributed by atoms with E-state index in [0.717, 1.165) is 5.56 Å². The Morgan fingerprint density at radius 1 is 0.964 bits per heavy atom. The van der Waals surface area contributed by atoms with Gasteiger partial charge in [0.15, 0.2) is 0 Å². The Morgan fingerprint density at radius 2 is 1.61 bits per heavy atom. The van der Waals surface area contributed by atoms with E-state index in [0.29, 0.717) is 6.42 Å². The summed E-state index contributed by atoms with van der Waals surface area (Å²) < 4.78 is 66.4. The van der Waals surface area contributed by atoms with Crippen LogP contribution in [0.4, 0.5) is 13.2 Å². The van der Waals surface area contributed by atoms with E-state index in [1.807, 2.05) is 0 Å². The number of halogens is 3. The second-order valence-corrected chi connectivity index (χ2v) is 7.52. The van der Waals surface area contributed by atoms with Gasteiger partial charge in [0.05, 0.1) is 4.90 Å². The van der Waals surface area contributed by atoms with Crippen LogP contribution in [0.3, 0.4) is 0 Å². The van der Waals surface area contributed by atoms with Gasteiger partial charge in [-0.15, -0.1) is 13.2 Å². The van der Waals surface area contributed by atoms with E-state index in [1.54, 1.807) is 18.2 Å². The largest absolute Gasteiger partial charge is 0.573 e. The number of sulfonamides is 1. The normalized spacial score (nSPS) is 11.8. The Balaban J connectivity index is 1.69. The van der Waals surface area contributed by atoms with Crippen molar-refractivity contribution in [2.24, 2.45) is 0 Å². The number of benzene rings is 2. The first-order valence-corrected chi connectivity index (χ1v) is 9.80. The van der Waals surface area contributed by atoms with Gasteiger partial charge in [-0.25, -0.2) is 13.1 Å². The molecule has 0 aromatic heterocycles. The molecule has 0 bridgehead atoms. The molecule has 0 unspecified atom stereocenters. The van der Waals surface area contributed by atoms with Gasteiger partial charge in [-0.1, -0.05) is 30.3 Å². The Labute approximate surface area is 160 Å². The summed E-state index contributed by atoms with van der Waals surface area (Å²) in [5.41, 5.74) is 0.722. The second kappa shape index (κ2) is 9.56. The summed E-state index contributed by atoms with van der Waals surface area (Å²) >= 11 is 0. The molecule has 0 saturated heterocycles. The predicted octanol–water partition coefficient (Wildman–Crippen LogP) is 2.61. The maximum absolute atomic E-state index is 12.1. The van der Waals surface area contributed by atoms with Gasteiger partial charge in [0, 0.05) is 19.5 Å². The zero-order chi connectivity index (χ0) is 20.6. The minimum absolute atomic E-state index is 0.0373. The molecule has 0 atom stereocenters. The maximum atomic E-state index is 12.1. The Kier molecular flexibility index (Phi) is 7.41. The molecule has 0 fully saturated rings. The third-order valence-electron chi connectivity index (χ3n) is 3.59. The molecule has 2 rings (SSSR count). The number of nitrogens with one attached hydrogen (secondary N) is 2. The van der Waals surface area contributed by atoms with Crippen molar-refractivity contribution in [2.75, 3.05) is 13.1 Å². The number of ether oxygens (including phenoxy) is 1. The quantitative estimate of drug-likeness (QED) is 0.658. The number of amides is 1. The zero-order valence-electron chi connectivity index (χ0n) is 14.7. The molecule has 2 aromatic carbocycles. The van der Waals surface area contributed by atoms with Gasteiger partial charge in [0.1, 0.15) is 5.75 Å². The molecule has 28 heavy (non-hydrogen) atoms. The van der Waals surface area contributed by atoms with Gasteiger partial charge in [-0.05, 0) is 36.2 Å². The van der Waals surface area contributed by atoms with Gasteiger partial charge >= 0.3 is 6.36 Å². The number of carbonyl (C=O) groups excluding carboxylic acids is 1. The van der Waals surface area contributed by atoms with Crippen LogP contribution in [0.1, 0.15) is 12.0 Å². The van der Waals surface area contributed by atoms with Crippen molar-refractivity contribution in [1.82, 2.24) is 10.0 Å². The van der Waals surface area contributed by atoms with E-state index < -0.39 is 16.4 Å². The van der Waals surface area contributed by atoms with Crippen molar-refractivity contribution in [3.63, 3.8) is 0 Å². The minimum atomic E-state index is -4.74. The van der Waals surface area contributed by atoms with Crippen LogP contribution in [0.25, 0.3) is 0 Å². The molecule has 152 valence electrons. The molecule has 0 heterocycles. The Morgan fingerprint density at radius 3 is 2.21 bits per heavy atom. The molecule has 0 aliphatic carbocycles. The van der Waals surface area contributed by atoms with Crippen molar-refractivity contribution >= 4 is 15.9 Å². The van der Waals surface area contributed by atoms with Gasteiger partial charge in [-0.2, -0.15) is 0 Å². The Bertz CT molecular complexity index is 870. The van der Waals surface area contributed by atoms with Crippen LogP contribution in [0.15, 0.2) is 59.5 Å². The molecule has 0 radical (unpaired) electrons. The van der Waals surface area contributed by atoms with Crippen LogP contribution in [0, 0.1) is 0 Å².